The van der Waals surface area contributed by atoms with Crippen molar-refractivity contribution >= 4 is 11.7 Å². The minimum absolute atomic E-state index is 0.221. The molecule has 3 heterocycles. The van der Waals surface area contributed by atoms with Crippen LogP contribution < -0.4 is 10.2 Å². The van der Waals surface area contributed by atoms with Crippen molar-refractivity contribution < 1.29 is 4.79 Å². The third-order valence-electron chi connectivity index (χ3n) is 3.73. The van der Waals surface area contributed by atoms with Gasteiger partial charge in [0.25, 0.3) is 5.91 Å². The maximum Gasteiger partial charge on any atom is 0.271 e. The molecular formula is C16H19N5O. The smallest absolute Gasteiger partial charge is 0.271 e. The molecular weight excluding hydrogens is 278 g/mol. The number of hydrogen-bond donors (Lipinski definition) is 1. The van der Waals surface area contributed by atoms with Crippen LogP contribution in [-0.2, 0) is 6.54 Å². The van der Waals surface area contributed by atoms with Crippen molar-refractivity contribution in [1.82, 2.24) is 20.3 Å². The minimum atomic E-state index is -0.221. The molecule has 1 amide bonds. The maximum atomic E-state index is 12.1. The average Bonchev–Trinajstić information content (AvgIpc) is 2.61. The molecule has 1 saturated heterocycles. The van der Waals surface area contributed by atoms with Gasteiger partial charge in [0, 0.05) is 32.0 Å². The average molecular weight is 297 g/mol. The molecule has 0 spiro atoms. The summed E-state index contributed by atoms with van der Waals surface area (Å²) in [5.41, 5.74) is 1.29. The zero-order valence-corrected chi connectivity index (χ0v) is 12.4. The third kappa shape index (κ3) is 3.58. The number of anilines is 1. The van der Waals surface area contributed by atoms with E-state index in [1.807, 2.05) is 12.1 Å². The normalized spacial score (nSPS) is 14.6. The Morgan fingerprint density at radius 2 is 2.00 bits per heavy atom. The van der Waals surface area contributed by atoms with Crippen LogP contribution >= 0.6 is 0 Å². The standard InChI is InChI=1S/C16H19N5O/c22-16(20-10-13-5-4-6-17-9-13)14-11-19-15(12-18-14)21-7-2-1-3-8-21/h4-6,9,11-12H,1-3,7-8,10H2,(H,20,22). The molecule has 0 bridgehead atoms. The van der Waals surface area contributed by atoms with Crippen molar-refractivity contribution in [3.63, 3.8) is 0 Å². The van der Waals surface area contributed by atoms with Crippen molar-refractivity contribution in [2.45, 2.75) is 25.8 Å². The highest BCUT2D eigenvalue weighted by molar-refractivity contribution is 5.91. The molecule has 3 rings (SSSR count). The number of hydrogen-bond acceptors (Lipinski definition) is 5. The van der Waals surface area contributed by atoms with E-state index in [1.54, 1.807) is 24.8 Å². The Hall–Kier alpha value is -2.50. The SMILES string of the molecule is O=C(NCc1cccnc1)c1cnc(N2CCCCC2)cn1. The largest absolute Gasteiger partial charge is 0.355 e. The summed E-state index contributed by atoms with van der Waals surface area (Å²) in [5, 5.41) is 2.82. The molecule has 114 valence electrons. The molecule has 2 aromatic rings. The van der Waals surface area contributed by atoms with E-state index < -0.39 is 0 Å². The second-order valence-corrected chi connectivity index (χ2v) is 5.35. The van der Waals surface area contributed by atoms with Crippen LogP contribution in [0.25, 0.3) is 0 Å². The van der Waals surface area contributed by atoms with E-state index in [9.17, 15) is 4.79 Å². The summed E-state index contributed by atoms with van der Waals surface area (Å²) in [6, 6.07) is 3.76. The summed E-state index contributed by atoms with van der Waals surface area (Å²) in [7, 11) is 0. The molecule has 2 aromatic heterocycles. The summed E-state index contributed by atoms with van der Waals surface area (Å²) in [6.07, 6.45) is 10.3. The van der Waals surface area contributed by atoms with Crippen LogP contribution in [0.5, 0.6) is 0 Å². The Kier molecular flexibility index (Phi) is 4.58. The van der Waals surface area contributed by atoms with Crippen molar-refractivity contribution in [2.75, 3.05) is 18.0 Å². The van der Waals surface area contributed by atoms with Crippen molar-refractivity contribution in [3.05, 3.63) is 48.2 Å². The topological polar surface area (TPSA) is 71.0 Å². The monoisotopic (exact) mass is 297 g/mol. The van der Waals surface area contributed by atoms with Crippen LogP contribution in [0.1, 0.15) is 35.3 Å². The number of amides is 1. The lowest BCUT2D eigenvalue weighted by atomic mass is 10.1. The molecule has 1 fully saturated rings. The van der Waals surface area contributed by atoms with Crippen molar-refractivity contribution in [3.8, 4) is 0 Å². The highest BCUT2D eigenvalue weighted by atomic mass is 16.1. The van der Waals surface area contributed by atoms with Gasteiger partial charge >= 0.3 is 0 Å². The predicted octanol–water partition coefficient (Wildman–Crippen LogP) is 1.79. The van der Waals surface area contributed by atoms with E-state index in [0.29, 0.717) is 12.2 Å². The lowest BCUT2D eigenvalue weighted by molar-refractivity contribution is 0.0945. The highest BCUT2D eigenvalue weighted by Gasteiger charge is 2.14. The molecule has 0 saturated carbocycles. The molecule has 1 N–H and O–H groups in total. The maximum absolute atomic E-state index is 12.1. The number of carbonyl (C=O) groups is 1. The zero-order chi connectivity index (χ0) is 15.2. The first-order valence-electron chi connectivity index (χ1n) is 7.57. The first-order chi connectivity index (χ1) is 10.8. The second-order valence-electron chi connectivity index (χ2n) is 5.35. The molecule has 0 atom stereocenters. The lowest BCUT2D eigenvalue weighted by Gasteiger charge is -2.27. The van der Waals surface area contributed by atoms with Gasteiger partial charge in [0.15, 0.2) is 0 Å². The van der Waals surface area contributed by atoms with Crippen LogP contribution in [0, 0.1) is 0 Å². The zero-order valence-electron chi connectivity index (χ0n) is 12.4. The fraction of sp³-hybridized carbons (Fsp3) is 0.375. The Morgan fingerprint density at radius 1 is 1.14 bits per heavy atom. The molecule has 22 heavy (non-hydrogen) atoms. The molecule has 1 aliphatic heterocycles. The van der Waals surface area contributed by atoms with E-state index in [1.165, 1.54) is 19.3 Å². The quantitative estimate of drug-likeness (QED) is 0.931. The first-order valence-corrected chi connectivity index (χ1v) is 7.57. The van der Waals surface area contributed by atoms with Crippen LogP contribution in [-0.4, -0.2) is 33.9 Å². The van der Waals surface area contributed by atoms with Crippen molar-refractivity contribution in [1.29, 1.82) is 0 Å². The Bertz CT molecular complexity index is 608. The lowest BCUT2D eigenvalue weighted by Crippen LogP contribution is -2.30. The molecule has 0 aromatic carbocycles. The van der Waals surface area contributed by atoms with E-state index in [2.05, 4.69) is 25.2 Å². The Balaban J connectivity index is 1.58. The van der Waals surface area contributed by atoms with Crippen LogP contribution in [0.15, 0.2) is 36.9 Å². The Labute approximate surface area is 129 Å². The van der Waals surface area contributed by atoms with Gasteiger partial charge < -0.3 is 10.2 Å². The number of pyridine rings is 1. The molecule has 6 nitrogen and oxygen atoms in total. The highest BCUT2D eigenvalue weighted by Crippen LogP contribution is 2.16. The number of piperidine rings is 1. The predicted molar refractivity (Wildman–Crippen MR) is 83.5 cm³/mol. The summed E-state index contributed by atoms with van der Waals surface area (Å²) in [4.78, 5) is 26.9. The number of aromatic nitrogens is 3. The van der Waals surface area contributed by atoms with Crippen molar-refractivity contribution in [2.24, 2.45) is 0 Å². The number of rotatable bonds is 4. The molecule has 6 heteroatoms. The number of nitrogens with zero attached hydrogens (tertiary/aromatic N) is 4. The van der Waals surface area contributed by atoms with E-state index >= 15 is 0 Å². The van der Waals surface area contributed by atoms with Gasteiger partial charge in [-0.3, -0.25) is 9.78 Å². The summed E-state index contributed by atoms with van der Waals surface area (Å²) in [5.74, 6) is 0.630. The van der Waals surface area contributed by atoms with Crippen LogP contribution in [0.2, 0.25) is 0 Å². The van der Waals surface area contributed by atoms with Crippen LogP contribution in [0.3, 0.4) is 0 Å². The summed E-state index contributed by atoms with van der Waals surface area (Å²) in [6.45, 7) is 2.46. The first kappa shape index (κ1) is 14.4. The van der Waals surface area contributed by atoms with Gasteiger partial charge in [0.1, 0.15) is 11.5 Å². The van der Waals surface area contributed by atoms with Gasteiger partial charge in [0.05, 0.1) is 12.4 Å². The van der Waals surface area contributed by atoms with Gasteiger partial charge in [-0.1, -0.05) is 6.07 Å². The van der Waals surface area contributed by atoms with Gasteiger partial charge in [-0.25, -0.2) is 9.97 Å². The number of carbonyl (C=O) groups excluding carboxylic acids is 1. The van der Waals surface area contributed by atoms with E-state index in [4.69, 9.17) is 0 Å². The second kappa shape index (κ2) is 6.98. The van der Waals surface area contributed by atoms with Gasteiger partial charge in [0.2, 0.25) is 0 Å². The van der Waals surface area contributed by atoms with Gasteiger partial charge in [-0.05, 0) is 30.9 Å². The number of nitrogens with one attached hydrogen (secondary N) is 1. The van der Waals surface area contributed by atoms with E-state index in [-0.39, 0.29) is 5.91 Å². The fourth-order valence-electron chi connectivity index (χ4n) is 2.50. The molecule has 0 radical (unpaired) electrons. The summed E-state index contributed by atoms with van der Waals surface area (Å²) < 4.78 is 0. The van der Waals surface area contributed by atoms with Gasteiger partial charge in [-0.15, -0.1) is 0 Å². The molecule has 0 unspecified atom stereocenters. The molecule has 1 aliphatic rings. The van der Waals surface area contributed by atoms with E-state index in [0.717, 1.165) is 24.5 Å². The molecule has 0 aliphatic carbocycles. The Morgan fingerprint density at radius 3 is 2.68 bits per heavy atom. The third-order valence-corrected chi connectivity index (χ3v) is 3.73. The van der Waals surface area contributed by atoms with Crippen LogP contribution in [0.4, 0.5) is 5.82 Å². The van der Waals surface area contributed by atoms with Gasteiger partial charge in [-0.2, -0.15) is 0 Å². The summed E-state index contributed by atoms with van der Waals surface area (Å²) >= 11 is 0. The fourth-order valence-corrected chi connectivity index (χ4v) is 2.50. The minimum Gasteiger partial charge on any atom is -0.355 e.